The van der Waals surface area contributed by atoms with Crippen LogP contribution in [0, 0.1) is 10.1 Å². The summed E-state index contributed by atoms with van der Waals surface area (Å²) in [5.41, 5.74) is 0.990. The van der Waals surface area contributed by atoms with E-state index in [2.05, 4.69) is 20.1 Å². The molecule has 31 heavy (non-hydrogen) atoms. The fraction of sp³-hybridized carbons (Fsp3) is 0.273. The number of aliphatic imine (C=N–C) groups is 1. The fourth-order valence-corrected chi connectivity index (χ4v) is 3.42. The third-order valence-electron chi connectivity index (χ3n) is 5.11. The van der Waals surface area contributed by atoms with E-state index in [9.17, 15) is 10.1 Å². The molecule has 1 saturated heterocycles. The largest absolute Gasteiger partial charge is 0.467 e. The van der Waals surface area contributed by atoms with Crippen LogP contribution in [0.15, 0.2) is 76.5 Å². The summed E-state index contributed by atoms with van der Waals surface area (Å²) in [7, 11) is 0. The molecule has 3 heterocycles. The molecule has 0 saturated carbocycles. The maximum absolute atomic E-state index is 10.9. The third-order valence-corrected chi connectivity index (χ3v) is 5.11. The number of anilines is 1. The number of aromatic nitrogens is 1. The van der Waals surface area contributed by atoms with E-state index in [4.69, 9.17) is 9.41 Å². The Morgan fingerprint density at radius 3 is 2.55 bits per heavy atom. The number of non-ortho nitro benzene ring substituents is 1. The van der Waals surface area contributed by atoms with E-state index in [-0.39, 0.29) is 5.69 Å². The number of guanidine groups is 1. The summed E-state index contributed by atoms with van der Waals surface area (Å²) in [6.45, 7) is 4.26. The maximum Gasteiger partial charge on any atom is 0.269 e. The molecule has 2 aromatic heterocycles. The van der Waals surface area contributed by atoms with Crippen molar-refractivity contribution in [2.45, 2.75) is 13.1 Å². The SMILES string of the molecule is O=[N+]([O-])c1ccc(CN=C(NCc2ccco2)N2CCN(c3ccccn3)CC2)cc1. The predicted octanol–water partition coefficient (Wildman–Crippen LogP) is 3.05. The van der Waals surface area contributed by atoms with Gasteiger partial charge in [-0.3, -0.25) is 10.1 Å². The Kier molecular flexibility index (Phi) is 6.41. The standard InChI is InChI=1S/C22H24N6O3/c29-28(30)19-8-6-18(7-9-19)16-24-22(25-17-20-4-3-15-31-20)27-13-11-26(12-14-27)21-5-1-2-10-23-21/h1-10,15H,11-14,16-17H2,(H,24,25). The summed E-state index contributed by atoms with van der Waals surface area (Å²) in [6, 6.07) is 16.2. The molecule has 1 aliphatic rings. The number of hydrogen-bond donors (Lipinski definition) is 1. The van der Waals surface area contributed by atoms with Gasteiger partial charge in [-0.2, -0.15) is 0 Å². The number of nitro groups is 1. The summed E-state index contributed by atoms with van der Waals surface area (Å²) in [6.07, 6.45) is 3.46. The van der Waals surface area contributed by atoms with E-state index in [1.807, 2.05) is 36.5 Å². The zero-order chi connectivity index (χ0) is 21.5. The first-order valence-electron chi connectivity index (χ1n) is 10.1. The van der Waals surface area contributed by atoms with E-state index in [0.717, 1.165) is 49.3 Å². The van der Waals surface area contributed by atoms with Crippen LogP contribution in [-0.2, 0) is 13.1 Å². The number of nitrogens with zero attached hydrogens (tertiary/aromatic N) is 5. The minimum Gasteiger partial charge on any atom is -0.467 e. The molecule has 1 fully saturated rings. The smallest absolute Gasteiger partial charge is 0.269 e. The predicted molar refractivity (Wildman–Crippen MR) is 118 cm³/mol. The van der Waals surface area contributed by atoms with Gasteiger partial charge in [-0.1, -0.05) is 18.2 Å². The highest BCUT2D eigenvalue weighted by Crippen LogP contribution is 2.15. The topological polar surface area (TPSA) is 100 Å². The van der Waals surface area contributed by atoms with Gasteiger partial charge >= 0.3 is 0 Å². The Balaban J connectivity index is 1.43. The van der Waals surface area contributed by atoms with Crippen LogP contribution in [0.5, 0.6) is 0 Å². The van der Waals surface area contributed by atoms with E-state index in [0.29, 0.717) is 13.1 Å². The Labute approximate surface area is 180 Å². The molecule has 3 aromatic rings. The van der Waals surface area contributed by atoms with Gasteiger partial charge in [0.05, 0.1) is 24.3 Å². The minimum absolute atomic E-state index is 0.0783. The summed E-state index contributed by atoms with van der Waals surface area (Å²) < 4.78 is 5.43. The van der Waals surface area contributed by atoms with Gasteiger partial charge in [0.15, 0.2) is 5.96 Å². The van der Waals surface area contributed by atoms with Crippen molar-refractivity contribution in [3.63, 3.8) is 0 Å². The highest BCUT2D eigenvalue weighted by atomic mass is 16.6. The number of furan rings is 1. The number of piperazine rings is 1. The van der Waals surface area contributed by atoms with Crippen molar-refractivity contribution in [2.24, 2.45) is 4.99 Å². The highest BCUT2D eigenvalue weighted by Gasteiger charge is 2.20. The number of nitrogens with one attached hydrogen (secondary N) is 1. The van der Waals surface area contributed by atoms with Crippen molar-refractivity contribution in [3.8, 4) is 0 Å². The molecule has 0 spiro atoms. The first kappa shape index (κ1) is 20.4. The number of benzene rings is 1. The Morgan fingerprint density at radius 1 is 1.10 bits per heavy atom. The Hall–Kier alpha value is -3.88. The van der Waals surface area contributed by atoms with Crippen molar-refractivity contribution < 1.29 is 9.34 Å². The second-order valence-electron chi connectivity index (χ2n) is 7.16. The monoisotopic (exact) mass is 420 g/mol. The molecule has 0 aliphatic carbocycles. The molecule has 160 valence electrons. The summed E-state index contributed by atoms with van der Waals surface area (Å²) in [4.78, 5) is 24.1. The van der Waals surface area contributed by atoms with Gasteiger partial charge in [0, 0.05) is 44.5 Å². The first-order chi connectivity index (χ1) is 15.2. The van der Waals surface area contributed by atoms with Gasteiger partial charge in [0.1, 0.15) is 11.6 Å². The van der Waals surface area contributed by atoms with Gasteiger partial charge < -0.3 is 19.5 Å². The van der Waals surface area contributed by atoms with Gasteiger partial charge in [-0.25, -0.2) is 9.98 Å². The molecular weight excluding hydrogens is 396 g/mol. The van der Waals surface area contributed by atoms with E-state index in [1.165, 1.54) is 12.1 Å². The van der Waals surface area contributed by atoms with Crippen LogP contribution in [0.3, 0.4) is 0 Å². The van der Waals surface area contributed by atoms with Crippen molar-refractivity contribution in [2.75, 3.05) is 31.1 Å². The zero-order valence-corrected chi connectivity index (χ0v) is 17.1. The number of rotatable bonds is 6. The normalized spacial score (nSPS) is 14.5. The van der Waals surface area contributed by atoms with Crippen LogP contribution < -0.4 is 10.2 Å². The molecule has 1 N–H and O–H groups in total. The Morgan fingerprint density at radius 2 is 1.90 bits per heavy atom. The van der Waals surface area contributed by atoms with Crippen LogP contribution >= 0.6 is 0 Å². The molecule has 0 unspecified atom stereocenters. The second-order valence-corrected chi connectivity index (χ2v) is 7.16. The second kappa shape index (κ2) is 9.75. The van der Waals surface area contributed by atoms with Crippen molar-refractivity contribution in [3.05, 3.63) is 88.5 Å². The number of hydrogen-bond acceptors (Lipinski definition) is 6. The highest BCUT2D eigenvalue weighted by molar-refractivity contribution is 5.80. The molecular formula is C22H24N6O3. The summed E-state index contributed by atoms with van der Waals surface area (Å²) in [5, 5.41) is 14.2. The van der Waals surface area contributed by atoms with Gasteiger partial charge in [-0.15, -0.1) is 0 Å². The lowest BCUT2D eigenvalue weighted by Gasteiger charge is -2.37. The van der Waals surface area contributed by atoms with Crippen LogP contribution in [0.2, 0.25) is 0 Å². The van der Waals surface area contributed by atoms with E-state index in [1.54, 1.807) is 18.4 Å². The quantitative estimate of drug-likeness (QED) is 0.283. The lowest BCUT2D eigenvalue weighted by atomic mass is 10.2. The van der Waals surface area contributed by atoms with Gasteiger partial charge in [0.25, 0.3) is 5.69 Å². The van der Waals surface area contributed by atoms with Gasteiger partial charge in [-0.05, 0) is 29.8 Å². The van der Waals surface area contributed by atoms with Crippen LogP contribution in [0.4, 0.5) is 11.5 Å². The minimum atomic E-state index is -0.398. The fourth-order valence-electron chi connectivity index (χ4n) is 3.42. The van der Waals surface area contributed by atoms with E-state index < -0.39 is 4.92 Å². The third kappa shape index (κ3) is 5.39. The zero-order valence-electron chi connectivity index (χ0n) is 17.1. The van der Waals surface area contributed by atoms with E-state index >= 15 is 0 Å². The number of pyridine rings is 1. The lowest BCUT2D eigenvalue weighted by molar-refractivity contribution is -0.384. The molecule has 9 heteroatoms. The molecule has 9 nitrogen and oxygen atoms in total. The van der Waals surface area contributed by atoms with Crippen LogP contribution in [-0.4, -0.2) is 46.9 Å². The lowest BCUT2D eigenvalue weighted by Crippen LogP contribution is -2.52. The molecule has 1 aromatic carbocycles. The molecule has 0 atom stereocenters. The van der Waals surface area contributed by atoms with Crippen LogP contribution in [0.25, 0.3) is 0 Å². The van der Waals surface area contributed by atoms with Gasteiger partial charge in [0.2, 0.25) is 0 Å². The molecule has 0 radical (unpaired) electrons. The average Bonchev–Trinajstić information content (AvgIpc) is 3.34. The summed E-state index contributed by atoms with van der Waals surface area (Å²) in [5.74, 6) is 2.60. The molecule has 4 rings (SSSR count). The number of nitro benzene ring substituents is 1. The van der Waals surface area contributed by atoms with Crippen molar-refractivity contribution in [1.29, 1.82) is 0 Å². The molecule has 1 aliphatic heterocycles. The Bertz CT molecular complexity index is 997. The molecule has 0 amide bonds. The maximum atomic E-state index is 10.9. The first-order valence-corrected chi connectivity index (χ1v) is 10.1. The van der Waals surface area contributed by atoms with Crippen LogP contribution in [0.1, 0.15) is 11.3 Å². The van der Waals surface area contributed by atoms with Crippen molar-refractivity contribution in [1.82, 2.24) is 15.2 Å². The van der Waals surface area contributed by atoms with Crippen molar-refractivity contribution >= 4 is 17.5 Å². The molecule has 0 bridgehead atoms. The summed E-state index contributed by atoms with van der Waals surface area (Å²) >= 11 is 0. The average molecular weight is 420 g/mol.